The Balaban J connectivity index is 1.59. The molecule has 0 bridgehead atoms. The molecular formula is C17H17N5O3. The molecule has 8 nitrogen and oxygen atoms in total. The Morgan fingerprint density at radius 1 is 0.960 bits per heavy atom. The van der Waals surface area contributed by atoms with E-state index in [4.69, 9.17) is 0 Å². The summed E-state index contributed by atoms with van der Waals surface area (Å²) >= 11 is 0. The first kappa shape index (κ1) is 16.3. The minimum Gasteiger partial charge on any atom is -0.374 e. The van der Waals surface area contributed by atoms with Gasteiger partial charge in [0, 0.05) is 11.4 Å². The molecule has 5 N–H and O–H groups in total. The zero-order valence-corrected chi connectivity index (χ0v) is 13.4. The number of imidazole rings is 1. The highest BCUT2D eigenvalue weighted by atomic mass is 16.2. The van der Waals surface area contributed by atoms with Crippen LogP contribution in [0.25, 0.3) is 11.0 Å². The lowest BCUT2D eigenvalue weighted by Gasteiger charge is -2.15. The highest BCUT2D eigenvalue weighted by Gasteiger charge is 2.16. The van der Waals surface area contributed by atoms with Gasteiger partial charge in [0.05, 0.1) is 11.0 Å². The third-order valence-corrected chi connectivity index (χ3v) is 3.56. The second-order valence-electron chi connectivity index (χ2n) is 5.51. The Hall–Kier alpha value is -3.55. The summed E-state index contributed by atoms with van der Waals surface area (Å²) in [5, 5.41) is 7.83. The van der Waals surface area contributed by atoms with E-state index < -0.39 is 18.0 Å². The number of anilines is 2. The molecule has 2 aromatic carbocycles. The Labute approximate surface area is 142 Å². The van der Waals surface area contributed by atoms with Gasteiger partial charge >= 0.3 is 11.7 Å². The van der Waals surface area contributed by atoms with Gasteiger partial charge < -0.3 is 20.6 Å². The average molecular weight is 339 g/mol. The monoisotopic (exact) mass is 339 g/mol. The lowest BCUT2D eigenvalue weighted by atomic mass is 10.2. The van der Waals surface area contributed by atoms with E-state index in [0.717, 1.165) is 0 Å². The summed E-state index contributed by atoms with van der Waals surface area (Å²) in [6, 6.07) is 12.8. The van der Waals surface area contributed by atoms with Gasteiger partial charge in [-0.1, -0.05) is 18.2 Å². The van der Waals surface area contributed by atoms with Gasteiger partial charge in [-0.15, -0.1) is 0 Å². The predicted molar refractivity (Wildman–Crippen MR) is 95.6 cm³/mol. The van der Waals surface area contributed by atoms with Crippen molar-refractivity contribution in [3.63, 3.8) is 0 Å². The van der Waals surface area contributed by atoms with Crippen molar-refractivity contribution in [3.8, 4) is 0 Å². The summed E-state index contributed by atoms with van der Waals surface area (Å²) in [6.07, 6.45) is 0. The molecule has 25 heavy (non-hydrogen) atoms. The van der Waals surface area contributed by atoms with Crippen molar-refractivity contribution in [2.45, 2.75) is 13.0 Å². The number of imide groups is 1. The molecular weight excluding hydrogens is 322 g/mol. The molecule has 0 aliphatic carbocycles. The quantitative estimate of drug-likeness (QED) is 0.499. The molecule has 8 heteroatoms. The van der Waals surface area contributed by atoms with Crippen LogP contribution in [0.2, 0.25) is 0 Å². The molecule has 1 aromatic heterocycles. The van der Waals surface area contributed by atoms with E-state index in [1.165, 1.54) is 0 Å². The summed E-state index contributed by atoms with van der Waals surface area (Å²) in [5.41, 5.74) is 2.25. The molecule has 0 fully saturated rings. The molecule has 0 spiro atoms. The standard InChI is InChI=1S/C17H17N5O3/c1-10(15(23)22-16(24)19-11-5-3-2-4-6-11)18-12-7-8-13-14(9-12)21-17(25)20-13/h2-10,18H,1H3,(H2,20,21,25)(H2,19,22,23,24). The van der Waals surface area contributed by atoms with Crippen molar-refractivity contribution in [2.75, 3.05) is 10.6 Å². The second-order valence-corrected chi connectivity index (χ2v) is 5.51. The SMILES string of the molecule is CC(Nc1ccc2[nH]c(=O)[nH]c2c1)C(=O)NC(=O)Nc1ccccc1. The highest BCUT2D eigenvalue weighted by molar-refractivity contribution is 6.03. The summed E-state index contributed by atoms with van der Waals surface area (Å²) < 4.78 is 0. The van der Waals surface area contributed by atoms with Crippen LogP contribution < -0.4 is 21.6 Å². The number of H-pyrrole nitrogens is 2. The number of urea groups is 1. The molecule has 0 saturated heterocycles. The Kier molecular flexibility index (Phi) is 4.51. The predicted octanol–water partition coefficient (Wildman–Crippen LogP) is 2.00. The Morgan fingerprint density at radius 3 is 2.44 bits per heavy atom. The summed E-state index contributed by atoms with van der Waals surface area (Å²) in [7, 11) is 0. The first-order valence-electron chi connectivity index (χ1n) is 7.67. The number of nitrogens with one attached hydrogen (secondary N) is 5. The van der Waals surface area contributed by atoms with Crippen molar-refractivity contribution < 1.29 is 9.59 Å². The van der Waals surface area contributed by atoms with E-state index in [2.05, 4.69) is 25.9 Å². The maximum absolute atomic E-state index is 12.1. The van der Waals surface area contributed by atoms with E-state index in [-0.39, 0.29) is 5.69 Å². The molecule has 1 unspecified atom stereocenters. The number of para-hydroxylation sites is 1. The van der Waals surface area contributed by atoms with Crippen molar-refractivity contribution in [3.05, 3.63) is 59.0 Å². The number of aromatic nitrogens is 2. The summed E-state index contributed by atoms with van der Waals surface area (Å²) in [4.78, 5) is 40.5. The van der Waals surface area contributed by atoms with Crippen LogP contribution in [-0.4, -0.2) is 27.9 Å². The van der Waals surface area contributed by atoms with Crippen molar-refractivity contribution in [1.82, 2.24) is 15.3 Å². The maximum atomic E-state index is 12.1. The minimum absolute atomic E-state index is 0.296. The number of fused-ring (bicyclic) bond motifs is 1. The average Bonchev–Trinajstić information content (AvgIpc) is 2.94. The molecule has 0 radical (unpaired) electrons. The van der Waals surface area contributed by atoms with Gasteiger partial charge in [0.2, 0.25) is 5.91 Å². The van der Waals surface area contributed by atoms with Crippen LogP contribution in [0.5, 0.6) is 0 Å². The van der Waals surface area contributed by atoms with E-state index in [1.54, 1.807) is 49.4 Å². The number of hydrogen-bond acceptors (Lipinski definition) is 4. The van der Waals surface area contributed by atoms with Crippen LogP contribution in [0.1, 0.15) is 6.92 Å². The van der Waals surface area contributed by atoms with Crippen LogP contribution in [0.3, 0.4) is 0 Å². The van der Waals surface area contributed by atoms with Crippen molar-refractivity contribution in [1.29, 1.82) is 0 Å². The molecule has 3 rings (SSSR count). The molecule has 1 heterocycles. The maximum Gasteiger partial charge on any atom is 0.325 e. The number of rotatable bonds is 4. The molecule has 1 atom stereocenters. The lowest BCUT2D eigenvalue weighted by molar-refractivity contribution is -0.120. The largest absolute Gasteiger partial charge is 0.374 e. The molecule has 0 aliphatic heterocycles. The summed E-state index contributed by atoms with van der Waals surface area (Å²) in [5.74, 6) is -0.476. The van der Waals surface area contributed by atoms with Gasteiger partial charge in [0.1, 0.15) is 6.04 Å². The lowest BCUT2D eigenvalue weighted by Crippen LogP contribution is -2.42. The van der Waals surface area contributed by atoms with Crippen LogP contribution in [0.4, 0.5) is 16.2 Å². The Bertz CT molecular complexity index is 961. The van der Waals surface area contributed by atoms with Crippen LogP contribution in [0, 0.1) is 0 Å². The van der Waals surface area contributed by atoms with Crippen molar-refractivity contribution in [2.24, 2.45) is 0 Å². The molecule has 0 aliphatic rings. The van der Waals surface area contributed by atoms with Gasteiger partial charge in [-0.25, -0.2) is 9.59 Å². The zero-order valence-electron chi connectivity index (χ0n) is 13.4. The van der Waals surface area contributed by atoms with Gasteiger partial charge in [-0.3, -0.25) is 10.1 Å². The number of benzene rings is 2. The van der Waals surface area contributed by atoms with E-state index >= 15 is 0 Å². The molecule has 0 saturated carbocycles. The molecule has 3 amide bonds. The van der Waals surface area contributed by atoms with Gasteiger partial charge in [0.25, 0.3) is 0 Å². The normalized spacial score (nSPS) is 11.7. The number of amides is 3. The topological polar surface area (TPSA) is 119 Å². The van der Waals surface area contributed by atoms with Crippen LogP contribution in [0.15, 0.2) is 53.3 Å². The summed E-state index contributed by atoms with van der Waals surface area (Å²) in [6.45, 7) is 1.63. The zero-order chi connectivity index (χ0) is 17.8. The van der Waals surface area contributed by atoms with Gasteiger partial charge in [-0.2, -0.15) is 0 Å². The Morgan fingerprint density at radius 2 is 1.68 bits per heavy atom. The van der Waals surface area contributed by atoms with E-state index in [9.17, 15) is 14.4 Å². The van der Waals surface area contributed by atoms with Crippen molar-refractivity contribution >= 4 is 34.3 Å². The number of carbonyl (C=O) groups excluding carboxylic acids is 2. The number of hydrogen-bond donors (Lipinski definition) is 5. The third kappa shape index (κ3) is 4.05. The number of aromatic amines is 2. The fourth-order valence-electron chi connectivity index (χ4n) is 2.34. The van der Waals surface area contributed by atoms with Gasteiger partial charge in [0.15, 0.2) is 0 Å². The molecule has 128 valence electrons. The minimum atomic E-state index is -0.648. The molecule has 3 aromatic rings. The smallest absolute Gasteiger partial charge is 0.325 e. The first-order chi connectivity index (χ1) is 12.0. The first-order valence-corrected chi connectivity index (χ1v) is 7.67. The van der Waals surface area contributed by atoms with E-state index in [0.29, 0.717) is 22.4 Å². The fourth-order valence-corrected chi connectivity index (χ4v) is 2.34. The fraction of sp³-hybridized carbons (Fsp3) is 0.118. The second kappa shape index (κ2) is 6.91. The van der Waals surface area contributed by atoms with Crippen LogP contribution >= 0.6 is 0 Å². The number of carbonyl (C=O) groups is 2. The van der Waals surface area contributed by atoms with Crippen LogP contribution in [-0.2, 0) is 4.79 Å². The van der Waals surface area contributed by atoms with E-state index in [1.807, 2.05) is 6.07 Å². The highest BCUT2D eigenvalue weighted by Crippen LogP contribution is 2.15. The third-order valence-electron chi connectivity index (χ3n) is 3.56. The van der Waals surface area contributed by atoms with Gasteiger partial charge in [-0.05, 0) is 37.3 Å².